The molecule has 0 unspecified atom stereocenters. The van der Waals surface area contributed by atoms with Crippen molar-refractivity contribution in [1.82, 2.24) is 0 Å². The molecule has 2 heterocycles. The van der Waals surface area contributed by atoms with Crippen LogP contribution in [0.1, 0.15) is 34.1 Å². The maximum absolute atomic E-state index is 12.1. The number of esters is 3. The Bertz CT molecular complexity index is 542. The summed E-state index contributed by atoms with van der Waals surface area (Å²) in [6.07, 6.45) is -2.99. The van der Waals surface area contributed by atoms with Gasteiger partial charge in [-0.05, 0) is 20.3 Å². The summed E-state index contributed by atoms with van der Waals surface area (Å²) in [4.78, 5) is 34.7. The Labute approximate surface area is 133 Å². The lowest BCUT2D eigenvalue weighted by atomic mass is 9.79. The maximum Gasteiger partial charge on any atom is 0.348 e. The Hall–Kier alpha value is -1.67. The topological polar surface area (TPSA) is 97.4 Å². The molecule has 2 saturated heterocycles. The molecule has 2 aliphatic heterocycles. The van der Waals surface area contributed by atoms with Crippen LogP contribution in [0.3, 0.4) is 0 Å². The van der Waals surface area contributed by atoms with Crippen LogP contribution >= 0.6 is 0 Å². The first-order chi connectivity index (χ1) is 10.7. The fourth-order valence-corrected chi connectivity index (χ4v) is 3.61. The summed E-state index contributed by atoms with van der Waals surface area (Å²) < 4.78 is 27.5. The van der Waals surface area contributed by atoms with Crippen LogP contribution in [-0.2, 0) is 38.1 Å². The van der Waals surface area contributed by atoms with E-state index in [1.54, 1.807) is 13.8 Å². The lowest BCUT2D eigenvalue weighted by Crippen LogP contribution is -2.53. The summed E-state index contributed by atoms with van der Waals surface area (Å²) in [5, 5.41) is 0. The van der Waals surface area contributed by atoms with Gasteiger partial charge < -0.3 is 23.7 Å². The summed E-state index contributed by atoms with van der Waals surface area (Å²) in [5.41, 5.74) is 0. The van der Waals surface area contributed by atoms with Gasteiger partial charge in [0, 0.05) is 13.8 Å². The normalized spacial score (nSPS) is 40.8. The molecule has 8 heteroatoms. The lowest BCUT2D eigenvalue weighted by Gasteiger charge is -2.37. The fraction of sp³-hybridized carbons (Fsp3) is 0.800. The first-order valence-corrected chi connectivity index (χ1v) is 7.58. The van der Waals surface area contributed by atoms with Gasteiger partial charge in [-0.3, -0.25) is 9.59 Å². The van der Waals surface area contributed by atoms with Crippen molar-refractivity contribution in [2.75, 3.05) is 0 Å². The predicted molar refractivity (Wildman–Crippen MR) is 72.9 cm³/mol. The average Bonchev–Trinajstić information content (AvgIpc) is 2.87. The Morgan fingerprint density at radius 2 is 1.65 bits per heavy atom. The first-order valence-electron chi connectivity index (χ1n) is 7.58. The van der Waals surface area contributed by atoms with Crippen LogP contribution in [0.4, 0.5) is 0 Å². The molecule has 0 N–H and O–H groups in total. The average molecular weight is 328 g/mol. The van der Waals surface area contributed by atoms with Crippen molar-refractivity contribution in [3.63, 3.8) is 0 Å². The van der Waals surface area contributed by atoms with Gasteiger partial charge in [-0.15, -0.1) is 0 Å². The molecule has 0 bridgehead atoms. The quantitative estimate of drug-likeness (QED) is 0.528. The van der Waals surface area contributed by atoms with Crippen molar-refractivity contribution in [1.29, 1.82) is 0 Å². The van der Waals surface area contributed by atoms with E-state index in [1.165, 1.54) is 13.8 Å². The van der Waals surface area contributed by atoms with Gasteiger partial charge in [0.2, 0.25) is 6.10 Å². The molecule has 23 heavy (non-hydrogen) atoms. The first kappa shape index (κ1) is 16.2. The zero-order chi connectivity index (χ0) is 16.9. The van der Waals surface area contributed by atoms with E-state index in [1.807, 2.05) is 0 Å². The molecular weight excluding hydrogens is 308 g/mol. The molecule has 0 spiro atoms. The molecule has 1 aliphatic carbocycles. The van der Waals surface area contributed by atoms with E-state index in [9.17, 15) is 14.4 Å². The maximum atomic E-state index is 12.1. The van der Waals surface area contributed by atoms with Gasteiger partial charge in [0.1, 0.15) is 24.4 Å². The number of carbonyl (C=O) groups excluding carboxylic acids is 3. The predicted octanol–water partition coefficient (Wildman–Crippen LogP) is 0.315. The largest absolute Gasteiger partial charge is 0.460 e. The molecule has 3 aliphatic rings. The third-order valence-corrected chi connectivity index (χ3v) is 4.26. The van der Waals surface area contributed by atoms with Crippen molar-refractivity contribution >= 4 is 17.9 Å². The molecule has 6 atom stereocenters. The van der Waals surface area contributed by atoms with Gasteiger partial charge in [0.05, 0.1) is 5.92 Å². The Morgan fingerprint density at radius 1 is 1.04 bits per heavy atom. The zero-order valence-electron chi connectivity index (χ0n) is 13.4. The summed E-state index contributed by atoms with van der Waals surface area (Å²) >= 11 is 0. The minimum absolute atomic E-state index is 0.300. The summed E-state index contributed by atoms with van der Waals surface area (Å²) in [5.74, 6) is -2.94. The fourth-order valence-electron chi connectivity index (χ4n) is 3.61. The summed E-state index contributed by atoms with van der Waals surface area (Å²) in [6.45, 7) is 6.02. The van der Waals surface area contributed by atoms with Crippen molar-refractivity contribution in [3.8, 4) is 0 Å². The molecule has 0 aromatic rings. The molecule has 0 aromatic heterocycles. The van der Waals surface area contributed by atoms with E-state index in [4.69, 9.17) is 23.7 Å². The van der Waals surface area contributed by atoms with Crippen molar-refractivity contribution in [2.45, 2.75) is 70.4 Å². The monoisotopic (exact) mass is 328 g/mol. The third kappa shape index (κ3) is 2.92. The molecule has 3 fully saturated rings. The second-order valence-electron chi connectivity index (χ2n) is 6.54. The van der Waals surface area contributed by atoms with Crippen molar-refractivity contribution in [2.24, 2.45) is 5.92 Å². The molecule has 0 radical (unpaired) electrons. The number of ether oxygens (including phenoxy) is 5. The van der Waals surface area contributed by atoms with E-state index < -0.39 is 60.1 Å². The van der Waals surface area contributed by atoms with Crippen molar-refractivity contribution < 1.29 is 38.1 Å². The molecule has 1 saturated carbocycles. The summed E-state index contributed by atoms with van der Waals surface area (Å²) in [6, 6.07) is 0. The van der Waals surface area contributed by atoms with Crippen LogP contribution in [0.25, 0.3) is 0 Å². The SMILES string of the molecule is CC(=O)O[C@@H]1C[C@@H]2[C@@H](OC(=O)[C@@H]2OC(C)=O)[C@H]2OC(C)(C)O[C@@H]21. The van der Waals surface area contributed by atoms with E-state index >= 15 is 0 Å². The molecule has 128 valence electrons. The number of fused-ring (bicyclic) bond motifs is 3. The van der Waals surface area contributed by atoms with Gasteiger partial charge in [0.25, 0.3) is 0 Å². The second kappa shape index (κ2) is 5.45. The van der Waals surface area contributed by atoms with Crippen LogP contribution in [0, 0.1) is 5.92 Å². The van der Waals surface area contributed by atoms with Gasteiger partial charge in [-0.1, -0.05) is 0 Å². The Kier molecular flexibility index (Phi) is 3.84. The standard InChI is InChI=1S/C15H20O8/c1-6(16)19-9-5-8-10(13-12(9)22-15(3,4)23-13)21-14(18)11(8)20-7(2)17/h8-13H,5H2,1-4H3/t8-,9-,10-,11-,12-,13-/m1/s1. The van der Waals surface area contributed by atoms with Crippen LogP contribution < -0.4 is 0 Å². The number of carbonyl (C=O) groups is 3. The molecular formula is C15H20O8. The van der Waals surface area contributed by atoms with Crippen LogP contribution in [0.5, 0.6) is 0 Å². The smallest absolute Gasteiger partial charge is 0.348 e. The van der Waals surface area contributed by atoms with Gasteiger partial charge in [0.15, 0.2) is 5.79 Å². The highest BCUT2D eigenvalue weighted by Gasteiger charge is 2.63. The number of hydrogen-bond acceptors (Lipinski definition) is 8. The van der Waals surface area contributed by atoms with Gasteiger partial charge in [-0.25, -0.2) is 4.79 Å². The van der Waals surface area contributed by atoms with Gasteiger partial charge in [-0.2, -0.15) is 0 Å². The third-order valence-electron chi connectivity index (χ3n) is 4.26. The van der Waals surface area contributed by atoms with Crippen LogP contribution in [-0.4, -0.2) is 54.2 Å². The second-order valence-corrected chi connectivity index (χ2v) is 6.54. The van der Waals surface area contributed by atoms with Crippen LogP contribution in [0.15, 0.2) is 0 Å². The Balaban J connectivity index is 1.88. The lowest BCUT2D eigenvalue weighted by molar-refractivity contribution is -0.172. The highest BCUT2D eigenvalue weighted by atomic mass is 16.8. The number of rotatable bonds is 2. The number of hydrogen-bond donors (Lipinski definition) is 0. The zero-order valence-corrected chi connectivity index (χ0v) is 13.4. The highest BCUT2D eigenvalue weighted by molar-refractivity contribution is 5.81. The Morgan fingerprint density at radius 3 is 2.26 bits per heavy atom. The van der Waals surface area contributed by atoms with E-state index in [0.717, 1.165) is 0 Å². The molecule has 8 nitrogen and oxygen atoms in total. The minimum atomic E-state index is -1.01. The summed E-state index contributed by atoms with van der Waals surface area (Å²) in [7, 11) is 0. The van der Waals surface area contributed by atoms with Crippen molar-refractivity contribution in [3.05, 3.63) is 0 Å². The van der Waals surface area contributed by atoms with E-state index in [0.29, 0.717) is 6.42 Å². The van der Waals surface area contributed by atoms with Gasteiger partial charge >= 0.3 is 17.9 Å². The van der Waals surface area contributed by atoms with Crippen LogP contribution in [0.2, 0.25) is 0 Å². The van der Waals surface area contributed by atoms with E-state index in [2.05, 4.69) is 0 Å². The molecule has 0 aromatic carbocycles. The molecule has 0 amide bonds. The molecule has 3 rings (SSSR count). The van der Waals surface area contributed by atoms with E-state index in [-0.39, 0.29) is 0 Å². The minimum Gasteiger partial charge on any atom is -0.460 e. The highest BCUT2D eigenvalue weighted by Crippen LogP contribution is 2.46.